The fourth-order valence-corrected chi connectivity index (χ4v) is 3.33. The molecule has 1 saturated heterocycles. The molecule has 4 rings (SSSR count). The summed E-state index contributed by atoms with van der Waals surface area (Å²) in [5.41, 5.74) is 4.35. The minimum Gasteiger partial charge on any atom is -0.508 e. The van der Waals surface area contributed by atoms with E-state index in [1.807, 2.05) is 6.07 Å². The van der Waals surface area contributed by atoms with Crippen molar-refractivity contribution in [2.75, 3.05) is 18.0 Å². The average Bonchev–Trinajstić information content (AvgIpc) is 3.29. The van der Waals surface area contributed by atoms with Gasteiger partial charge in [0.1, 0.15) is 11.3 Å². The molecule has 132 valence electrons. The highest BCUT2D eigenvalue weighted by Crippen LogP contribution is 2.31. The zero-order valence-corrected chi connectivity index (χ0v) is 14.6. The summed E-state index contributed by atoms with van der Waals surface area (Å²) in [7, 11) is 0. The van der Waals surface area contributed by atoms with E-state index in [0.717, 1.165) is 37.2 Å². The fraction of sp³-hybridized carbons (Fsp3) is 0.250. The topological polar surface area (TPSA) is 82.1 Å². The SMILES string of the molecule is C=C(C)C(=O)c1c[nH]c2ncc(-c3cc(O)cc(N4CCCC4)c3)nc12. The summed E-state index contributed by atoms with van der Waals surface area (Å²) in [4.78, 5) is 26.6. The van der Waals surface area contributed by atoms with Gasteiger partial charge in [-0.2, -0.15) is 0 Å². The van der Waals surface area contributed by atoms with Crippen molar-refractivity contribution >= 4 is 22.6 Å². The molecule has 6 nitrogen and oxygen atoms in total. The summed E-state index contributed by atoms with van der Waals surface area (Å²) in [6.45, 7) is 7.37. The highest BCUT2D eigenvalue weighted by atomic mass is 16.3. The lowest BCUT2D eigenvalue weighted by atomic mass is 10.1. The molecule has 26 heavy (non-hydrogen) atoms. The number of anilines is 1. The van der Waals surface area contributed by atoms with Crippen LogP contribution in [-0.2, 0) is 0 Å². The van der Waals surface area contributed by atoms with E-state index in [1.165, 1.54) is 0 Å². The van der Waals surface area contributed by atoms with Gasteiger partial charge in [0, 0.05) is 36.6 Å². The molecule has 6 heteroatoms. The Morgan fingerprint density at radius 2 is 2.04 bits per heavy atom. The van der Waals surface area contributed by atoms with Gasteiger partial charge in [0.15, 0.2) is 11.4 Å². The van der Waals surface area contributed by atoms with Crippen molar-refractivity contribution in [3.8, 4) is 17.0 Å². The molecular weight excluding hydrogens is 328 g/mol. The number of rotatable bonds is 4. The Labute approximate surface area is 151 Å². The van der Waals surface area contributed by atoms with Crippen LogP contribution >= 0.6 is 0 Å². The molecule has 0 saturated carbocycles. The van der Waals surface area contributed by atoms with E-state index in [0.29, 0.717) is 28.0 Å². The van der Waals surface area contributed by atoms with Gasteiger partial charge in [-0.05, 0) is 37.5 Å². The van der Waals surface area contributed by atoms with Crippen LogP contribution < -0.4 is 4.90 Å². The van der Waals surface area contributed by atoms with Crippen LogP contribution in [0, 0.1) is 0 Å². The van der Waals surface area contributed by atoms with Gasteiger partial charge in [-0.1, -0.05) is 6.58 Å². The van der Waals surface area contributed by atoms with E-state index in [2.05, 4.69) is 26.4 Å². The van der Waals surface area contributed by atoms with Crippen molar-refractivity contribution in [1.29, 1.82) is 0 Å². The number of hydrogen-bond acceptors (Lipinski definition) is 5. The van der Waals surface area contributed by atoms with E-state index in [1.54, 1.807) is 31.5 Å². The van der Waals surface area contributed by atoms with Crippen LogP contribution in [0.3, 0.4) is 0 Å². The first-order valence-corrected chi connectivity index (χ1v) is 8.66. The first-order chi connectivity index (χ1) is 12.5. The number of Topliss-reactive ketones (excluding diaryl/α,β-unsaturated/α-hetero) is 1. The highest BCUT2D eigenvalue weighted by molar-refractivity contribution is 6.14. The van der Waals surface area contributed by atoms with Gasteiger partial charge in [0.05, 0.1) is 17.5 Å². The molecule has 0 radical (unpaired) electrons. The molecule has 2 aromatic heterocycles. The predicted molar refractivity (Wildman–Crippen MR) is 102 cm³/mol. The number of nitrogens with zero attached hydrogens (tertiary/aromatic N) is 3. The van der Waals surface area contributed by atoms with Crippen molar-refractivity contribution < 1.29 is 9.90 Å². The van der Waals surface area contributed by atoms with E-state index in [4.69, 9.17) is 0 Å². The Hall–Kier alpha value is -3.15. The summed E-state index contributed by atoms with van der Waals surface area (Å²) >= 11 is 0. The molecule has 0 amide bonds. The number of aromatic hydroxyl groups is 1. The molecular formula is C20H20N4O2. The van der Waals surface area contributed by atoms with Crippen molar-refractivity contribution in [3.05, 3.63) is 48.3 Å². The number of aromatic amines is 1. The molecule has 0 unspecified atom stereocenters. The minimum atomic E-state index is -0.156. The van der Waals surface area contributed by atoms with Gasteiger partial charge in [0.2, 0.25) is 0 Å². The van der Waals surface area contributed by atoms with Crippen LogP contribution in [0.1, 0.15) is 30.1 Å². The van der Waals surface area contributed by atoms with Crippen molar-refractivity contribution in [3.63, 3.8) is 0 Å². The number of ketones is 1. The largest absolute Gasteiger partial charge is 0.508 e. The van der Waals surface area contributed by atoms with Crippen LogP contribution in [0.2, 0.25) is 0 Å². The number of phenolic OH excluding ortho intramolecular Hbond substituents is 1. The van der Waals surface area contributed by atoms with Gasteiger partial charge in [-0.25, -0.2) is 9.97 Å². The zero-order valence-electron chi connectivity index (χ0n) is 14.6. The predicted octanol–water partition coefficient (Wildman–Crippen LogP) is 3.69. The van der Waals surface area contributed by atoms with E-state index in [-0.39, 0.29) is 11.5 Å². The van der Waals surface area contributed by atoms with Gasteiger partial charge in [-0.15, -0.1) is 0 Å². The van der Waals surface area contributed by atoms with E-state index >= 15 is 0 Å². The highest BCUT2D eigenvalue weighted by Gasteiger charge is 2.17. The summed E-state index contributed by atoms with van der Waals surface area (Å²) in [5.74, 6) is 0.0370. The lowest BCUT2D eigenvalue weighted by Gasteiger charge is -2.18. The lowest BCUT2D eigenvalue weighted by Crippen LogP contribution is -2.17. The molecule has 1 aromatic carbocycles. The second kappa shape index (κ2) is 6.29. The van der Waals surface area contributed by atoms with Crippen molar-refractivity contribution in [2.24, 2.45) is 0 Å². The lowest BCUT2D eigenvalue weighted by molar-refractivity contribution is 0.103. The van der Waals surface area contributed by atoms with Crippen LogP contribution in [0.25, 0.3) is 22.4 Å². The number of nitrogens with one attached hydrogen (secondary N) is 1. The smallest absolute Gasteiger partial charge is 0.191 e. The quantitative estimate of drug-likeness (QED) is 0.555. The number of allylic oxidation sites excluding steroid dienone is 1. The third-order valence-electron chi connectivity index (χ3n) is 4.68. The standard InChI is InChI=1S/C20H20N4O2/c1-12(2)19(26)16-10-21-20-18(16)23-17(11-22-20)13-7-14(9-15(25)8-13)24-5-3-4-6-24/h7-11,25H,1,3-6H2,2H3,(H,21,22). The van der Waals surface area contributed by atoms with Gasteiger partial charge < -0.3 is 15.0 Å². The van der Waals surface area contributed by atoms with Gasteiger partial charge in [0.25, 0.3) is 0 Å². The number of carbonyl (C=O) groups is 1. The minimum absolute atomic E-state index is 0.156. The summed E-state index contributed by atoms with van der Waals surface area (Å²) in [5, 5.41) is 10.2. The van der Waals surface area contributed by atoms with Crippen LogP contribution in [0.15, 0.2) is 42.7 Å². The first kappa shape index (κ1) is 16.3. The molecule has 3 heterocycles. The summed E-state index contributed by atoms with van der Waals surface area (Å²) in [6.07, 6.45) is 5.58. The van der Waals surface area contributed by atoms with Crippen LogP contribution in [0.5, 0.6) is 5.75 Å². The Kier molecular flexibility index (Phi) is 3.95. The molecule has 0 aliphatic carbocycles. The third-order valence-corrected chi connectivity index (χ3v) is 4.68. The second-order valence-corrected chi connectivity index (χ2v) is 6.70. The van der Waals surface area contributed by atoms with Crippen LogP contribution in [0.4, 0.5) is 5.69 Å². The number of phenols is 1. The Morgan fingerprint density at radius 3 is 2.77 bits per heavy atom. The summed E-state index contributed by atoms with van der Waals surface area (Å²) in [6, 6.07) is 5.45. The molecule has 0 spiro atoms. The molecule has 2 N–H and O–H groups in total. The van der Waals surface area contributed by atoms with Gasteiger partial charge >= 0.3 is 0 Å². The number of carbonyl (C=O) groups excluding carboxylic acids is 1. The Morgan fingerprint density at radius 1 is 1.27 bits per heavy atom. The molecule has 1 aliphatic heterocycles. The molecule has 1 fully saturated rings. The number of benzene rings is 1. The van der Waals surface area contributed by atoms with Crippen molar-refractivity contribution in [2.45, 2.75) is 19.8 Å². The monoisotopic (exact) mass is 348 g/mol. The number of fused-ring (bicyclic) bond motifs is 1. The maximum absolute atomic E-state index is 12.3. The molecule has 1 aliphatic rings. The molecule has 3 aromatic rings. The molecule has 0 atom stereocenters. The summed E-state index contributed by atoms with van der Waals surface area (Å²) < 4.78 is 0. The Balaban J connectivity index is 1.80. The van der Waals surface area contributed by atoms with Crippen LogP contribution in [-0.4, -0.2) is 38.9 Å². The zero-order chi connectivity index (χ0) is 18.3. The average molecular weight is 348 g/mol. The van der Waals surface area contributed by atoms with Gasteiger partial charge in [-0.3, -0.25) is 4.79 Å². The maximum atomic E-state index is 12.3. The fourth-order valence-electron chi connectivity index (χ4n) is 3.33. The second-order valence-electron chi connectivity index (χ2n) is 6.70. The number of aromatic nitrogens is 3. The number of H-pyrrole nitrogens is 1. The normalized spacial score (nSPS) is 14.1. The Bertz CT molecular complexity index is 1020. The maximum Gasteiger partial charge on any atom is 0.191 e. The third kappa shape index (κ3) is 2.83. The first-order valence-electron chi connectivity index (χ1n) is 8.66. The van der Waals surface area contributed by atoms with Crippen molar-refractivity contribution in [1.82, 2.24) is 15.0 Å². The molecule has 0 bridgehead atoms. The number of hydrogen-bond donors (Lipinski definition) is 2. The van der Waals surface area contributed by atoms with E-state index in [9.17, 15) is 9.90 Å². The van der Waals surface area contributed by atoms with E-state index < -0.39 is 0 Å².